The van der Waals surface area contributed by atoms with E-state index in [1.54, 1.807) is 12.3 Å². The van der Waals surface area contributed by atoms with Crippen molar-refractivity contribution in [1.82, 2.24) is 15.1 Å². The first-order valence-corrected chi connectivity index (χ1v) is 7.66. The SMILES string of the molecule is CCCNC(c1cc(F)cc(Br)c1)c1ccnn1CC. The Bertz CT molecular complexity index is 548. The lowest BCUT2D eigenvalue weighted by atomic mass is 10.0. The van der Waals surface area contributed by atoms with E-state index in [4.69, 9.17) is 0 Å². The minimum atomic E-state index is -0.236. The van der Waals surface area contributed by atoms with Gasteiger partial charge in [-0.1, -0.05) is 22.9 Å². The summed E-state index contributed by atoms with van der Waals surface area (Å²) in [6.07, 6.45) is 2.81. The minimum absolute atomic E-state index is 0.0515. The van der Waals surface area contributed by atoms with Crippen molar-refractivity contribution in [1.29, 1.82) is 0 Å². The van der Waals surface area contributed by atoms with Crippen LogP contribution >= 0.6 is 15.9 Å². The van der Waals surface area contributed by atoms with Crippen LogP contribution in [-0.2, 0) is 6.54 Å². The van der Waals surface area contributed by atoms with Crippen molar-refractivity contribution in [3.8, 4) is 0 Å². The molecule has 0 aliphatic rings. The zero-order valence-corrected chi connectivity index (χ0v) is 13.3. The van der Waals surface area contributed by atoms with Crippen LogP contribution in [0, 0.1) is 5.82 Å². The number of benzene rings is 1. The van der Waals surface area contributed by atoms with E-state index < -0.39 is 0 Å². The van der Waals surface area contributed by atoms with Gasteiger partial charge in [0.05, 0.1) is 11.7 Å². The van der Waals surface area contributed by atoms with Crippen molar-refractivity contribution in [2.45, 2.75) is 32.9 Å². The van der Waals surface area contributed by atoms with Crippen molar-refractivity contribution < 1.29 is 4.39 Å². The number of nitrogens with zero attached hydrogens (tertiary/aromatic N) is 2. The molecule has 1 atom stereocenters. The molecular weight excluding hydrogens is 321 g/mol. The van der Waals surface area contributed by atoms with Crippen molar-refractivity contribution in [2.75, 3.05) is 6.54 Å². The van der Waals surface area contributed by atoms with E-state index in [1.165, 1.54) is 6.07 Å². The number of hydrogen-bond acceptors (Lipinski definition) is 2. The Morgan fingerprint density at radius 3 is 2.80 bits per heavy atom. The highest BCUT2D eigenvalue weighted by molar-refractivity contribution is 9.10. The molecule has 5 heteroatoms. The van der Waals surface area contributed by atoms with Gasteiger partial charge in [0.1, 0.15) is 5.82 Å². The highest BCUT2D eigenvalue weighted by atomic mass is 79.9. The lowest BCUT2D eigenvalue weighted by molar-refractivity contribution is 0.526. The van der Waals surface area contributed by atoms with Gasteiger partial charge in [-0.25, -0.2) is 4.39 Å². The van der Waals surface area contributed by atoms with E-state index >= 15 is 0 Å². The van der Waals surface area contributed by atoms with Crippen LogP contribution in [-0.4, -0.2) is 16.3 Å². The second-order valence-electron chi connectivity index (χ2n) is 4.66. The highest BCUT2D eigenvalue weighted by Crippen LogP contribution is 2.26. The zero-order valence-electron chi connectivity index (χ0n) is 11.7. The molecule has 2 rings (SSSR count). The van der Waals surface area contributed by atoms with Gasteiger partial charge in [0, 0.05) is 17.2 Å². The summed E-state index contributed by atoms with van der Waals surface area (Å²) in [6, 6.07) is 6.92. The Hall–Kier alpha value is -1.20. The first-order chi connectivity index (χ1) is 9.65. The van der Waals surface area contributed by atoms with Gasteiger partial charge in [-0.2, -0.15) is 5.10 Å². The summed E-state index contributed by atoms with van der Waals surface area (Å²) in [4.78, 5) is 0. The molecule has 108 valence electrons. The predicted octanol–water partition coefficient (Wildman–Crippen LogP) is 3.89. The Morgan fingerprint density at radius 1 is 1.35 bits per heavy atom. The average molecular weight is 340 g/mol. The van der Waals surface area contributed by atoms with Crippen molar-refractivity contribution >= 4 is 15.9 Å². The second kappa shape index (κ2) is 6.99. The number of aryl methyl sites for hydroxylation is 1. The molecule has 3 nitrogen and oxygen atoms in total. The van der Waals surface area contributed by atoms with E-state index in [9.17, 15) is 4.39 Å². The summed E-state index contributed by atoms with van der Waals surface area (Å²) in [5.41, 5.74) is 1.96. The maximum Gasteiger partial charge on any atom is 0.124 e. The Kier molecular flexibility index (Phi) is 5.31. The molecule has 0 amide bonds. The Labute approximate surface area is 127 Å². The van der Waals surface area contributed by atoms with Crippen LogP contribution in [0.5, 0.6) is 0 Å². The van der Waals surface area contributed by atoms with E-state index in [0.717, 1.165) is 35.2 Å². The van der Waals surface area contributed by atoms with Crippen molar-refractivity contribution in [3.63, 3.8) is 0 Å². The molecule has 2 aromatic rings. The number of halogens is 2. The Morgan fingerprint density at radius 2 is 2.15 bits per heavy atom. The maximum absolute atomic E-state index is 13.7. The molecule has 1 unspecified atom stereocenters. The average Bonchev–Trinajstić information content (AvgIpc) is 2.86. The molecule has 0 radical (unpaired) electrons. The molecule has 1 aromatic heterocycles. The van der Waals surface area contributed by atoms with E-state index in [0.29, 0.717) is 0 Å². The van der Waals surface area contributed by atoms with Gasteiger partial charge in [0.25, 0.3) is 0 Å². The van der Waals surface area contributed by atoms with Crippen molar-refractivity contribution in [3.05, 3.63) is 52.0 Å². The number of aromatic nitrogens is 2. The smallest absolute Gasteiger partial charge is 0.124 e. The summed E-state index contributed by atoms with van der Waals surface area (Å²) < 4.78 is 16.3. The zero-order chi connectivity index (χ0) is 14.5. The molecule has 0 fully saturated rings. The largest absolute Gasteiger partial charge is 0.305 e. The summed E-state index contributed by atoms with van der Waals surface area (Å²) in [7, 11) is 0. The van der Waals surface area contributed by atoms with Gasteiger partial charge < -0.3 is 5.32 Å². The van der Waals surface area contributed by atoms with E-state index in [1.807, 2.05) is 16.8 Å². The minimum Gasteiger partial charge on any atom is -0.305 e. The molecule has 1 aromatic carbocycles. The molecule has 1 N–H and O–H groups in total. The quantitative estimate of drug-likeness (QED) is 0.865. The lowest BCUT2D eigenvalue weighted by Crippen LogP contribution is -2.26. The van der Waals surface area contributed by atoms with Crippen LogP contribution in [0.1, 0.15) is 37.6 Å². The molecule has 0 saturated heterocycles. The fourth-order valence-corrected chi connectivity index (χ4v) is 2.76. The first kappa shape index (κ1) is 15.2. The lowest BCUT2D eigenvalue weighted by Gasteiger charge is -2.20. The standard InChI is InChI=1S/C15H19BrFN3/c1-3-6-18-15(14-5-7-19-20(14)4-2)11-8-12(16)10-13(17)9-11/h5,7-10,15,18H,3-4,6H2,1-2H3. The summed E-state index contributed by atoms with van der Waals surface area (Å²) in [5.74, 6) is -0.236. The third kappa shape index (κ3) is 3.46. The van der Waals surface area contributed by atoms with Gasteiger partial charge in [0.2, 0.25) is 0 Å². The summed E-state index contributed by atoms with van der Waals surface area (Å²) in [5, 5.41) is 7.77. The van der Waals surface area contributed by atoms with Gasteiger partial charge in [-0.3, -0.25) is 4.68 Å². The molecule has 0 aliphatic carbocycles. The topological polar surface area (TPSA) is 29.9 Å². The van der Waals surface area contributed by atoms with Crippen LogP contribution < -0.4 is 5.32 Å². The van der Waals surface area contributed by atoms with Gasteiger partial charge in [-0.15, -0.1) is 0 Å². The molecular formula is C15H19BrFN3. The highest BCUT2D eigenvalue weighted by Gasteiger charge is 2.18. The summed E-state index contributed by atoms with van der Waals surface area (Å²) >= 11 is 3.36. The first-order valence-electron chi connectivity index (χ1n) is 6.86. The molecule has 0 bridgehead atoms. The van der Waals surface area contributed by atoms with Crippen LogP contribution in [0.2, 0.25) is 0 Å². The van der Waals surface area contributed by atoms with Crippen molar-refractivity contribution in [2.24, 2.45) is 0 Å². The van der Waals surface area contributed by atoms with Gasteiger partial charge in [0.15, 0.2) is 0 Å². The fraction of sp³-hybridized carbons (Fsp3) is 0.400. The van der Waals surface area contributed by atoms with E-state index in [2.05, 4.69) is 40.2 Å². The molecule has 0 saturated carbocycles. The van der Waals surface area contributed by atoms with Gasteiger partial charge >= 0.3 is 0 Å². The third-order valence-electron chi connectivity index (χ3n) is 3.16. The summed E-state index contributed by atoms with van der Waals surface area (Å²) in [6.45, 7) is 5.83. The molecule has 20 heavy (non-hydrogen) atoms. The molecule has 0 spiro atoms. The number of rotatable bonds is 6. The van der Waals surface area contributed by atoms with Crippen LogP contribution in [0.15, 0.2) is 34.9 Å². The predicted molar refractivity (Wildman–Crippen MR) is 82.1 cm³/mol. The fourth-order valence-electron chi connectivity index (χ4n) is 2.28. The van der Waals surface area contributed by atoms with Crippen LogP contribution in [0.4, 0.5) is 4.39 Å². The second-order valence-corrected chi connectivity index (χ2v) is 5.58. The monoisotopic (exact) mass is 339 g/mol. The van der Waals surface area contributed by atoms with Crippen LogP contribution in [0.3, 0.4) is 0 Å². The maximum atomic E-state index is 13.7. The third-order valence-corrected chi connectivity index (χ3v) is 3.62. The number of nitrogens with one attached hydrogen (secondary N) is 1. The van der Waals surface area contributed by atoms with Gasteiger partial charge in [-0.05, 0) is 49.7 Å². The molecule has 0 aliphatic heterocycles. The number of hydrogen-bond donors (Lipinski definition) is 1. The Balaban J connectivity index is 2.41. The van der Waals surface area contributed by atoms with Crippen LogP contribution in [0.25, 0.3) is 0 Å². The normalized spacial score (nSPS) is 12.6. The molecule has 1 heterocycles. The van der Waals surface area contributed by atoms with E-state index in [-0.39, 0.29) is 11.9 Å².